The van der Waals surface area contributed by atoms with E-state index in [1.165, 1.54) is 0 Å². The zero-order valence-corrected chi connectivity index (χ0v) is 13.7. The zero-order valence-electron chi connectivity index (χ0n) is 13.7. The summed E-state index contributed by atoms with van der Waals surface area (Å²) in [6.45, 7) is 0. The smallest absolute Gasteiger partial charge is 0.249 e. The molecule has 0 saturated heterocycles. The Hall–Kier alpha value is -3.81. The quantitative estimate of drug-likeness (QED) is 0.577. The van der Waals surface area contributed by atoms with E-state index in [1.54, 1.807) is 17.1 Å². The van der Waals surface area contributed by atoms with Crippen molar-refractivity contribution in [2.75, 3.05) is 5.32 Å². The number of nitrogens with one attached hydrogen (secondary N) is 2. The molecule has 4 rings (SSSR count). The van der Waals surface area contributed by atoms with E-state index in [2.05, 4.69) is 30.6 Å². The SMILES string of the molecule is O=C(Cc1cnn(-c2ccccc2)c1)Nc1n[nH]c(-c2ccccn2)n1. The van der Waals surface area contributed by atoms with Crippen LogP contribution in [0, 0.1) is 0 Å². The number of para-hydroxylation sites is 1. The lowest BCUT2D eigenvalue weighted by molar-refractivity contribution is -0.115. The van der Waals surface area contributed by atoms with Crippen molar-refractivity contribution in [3.8, 4) is 17.2 Å². The summed E-state index contributed by atoms with van der Waals surface area (Å²) >= 11 is 0. The molecule has 0 saturated carbocycles. The predicted molar refractivity (Wildman–Crippen MR) is 95.5 cm³/mol. The van der Waals surface area contributed by atoms with Crippen LogP contribution in [-0.4, -0.2) is 35.9 Å². The van der Waals surface area contributed by atoms with E-state index in [9.17, 15) is 4.79 Å². The topological polar surface area (TPSA) is 101 Å². The number of rotatable bonds is 5. The molecule has 0 aliphatic carbocycles. The Morgan fingerprint density at radius 1 is 1.12 bits per heavy atom. The third-order valence-electron chi connectivity index (χ3n) is 3.67. The van der Waals surface area contributed by atoms with Gasteiger partial charge in [0.2, 0.25) is 11.9 Å². The number of aromatic nitrogens is 6. The number of benzene rings is 1. The number of hydrogen-bond donors (Lipinski definition) is 2. The monoisotopic (exact) mass is 345 g/mol. The molecule has 0 radical (unpaired) electrons. The minimum absolute atomic E-state index is 0.181. The van der Waals surface area contributed by atoms with Gasteiger partial charge in [-0.1, -0.05) is 24.3 Å². The number of amides is 1. The zero-order chi connectivity index (χ0) is 17.8. The van der Waals surface area contributed by atoms with Crippen LogP contribution in [0.1, 0.15) is 5.56 Å². The van der Waals surface area contributed by atoms with E-state index >= 15 is 0 Å². The summed E-state index contributed by atoms with van der Waals surface area (Å²) in [4.78, 5) is 20.6. The van der Waals surface area contributed by atoms with Gasteiger partial charge in [-0.05, 0) is 29.8 Å². The van der Waals surface area contributed by atoms with E-state index in [1.807, 2.05) is 54.7 Å². The minimum atomic E-state index is -0.218. The number of anilines is 1. The number of aromatic amines is 1. The van der Waals surface area contributed by atoms with Gasteiger partial charge < -0.3 is 0 Å². The van der Waals surface area contributed by atoms with Gasteiger partial charge in [0.1, 0.15) is 5.69 Å². The van der Waals surface area contributed by atoms with E-state index in [0.717, 1.165) is 11.3 Å². The first kappa shape index (κ1) is 15.7. The fourth-order valence-corrected chi connectivity index (χ4v) is 2.46. The molecular weight excluding hydrogens is 330 g/mol. The lowest BCUT2D eigenvalue weighted by Crippen LogP contribution is -2.15. The highest BCUT2D eigenvalue weighted by Gasteiger charge is 2.11. The Labute approximate surface area is 148 Å². The maximum atomic E-state index is 12.2. The van der Waals surface area contributed by atoms with Crippen LogP contribution in [0.2, 0.25) is 0 Å². The Kier molecular flexibility index (Phi) is 4.21. The first-order valence-electron chi connectivity index (χ1n) is 8.00. The lowest BCUT2D eigenvalue weighted by atomic mass is 10.2. The minimum Gasteiger partial charge on any atom is -0.293 e. The van der Waals surface area contributed by atoms with Gasteiger partial charge >= 0.3 is 0 Å². The van der Waals surface area contributed by atoms with Crippen LogP contribution < -0.4 is 5.32 Å². The molecular formula is C18H15N7O. The fourth-order valence-electron chi connectivity index (χ4n) is 2.46. The highest BCUT2D eigenvalue weighted by molar-refractivity contribution is 5.90. The first-order valence-corrected chi connectivity index (χ1v) is 8.00. The van der Waals surface area contributed by atoms with Crippen LogP contribution in [0.5, 0.6) is 0 Å². The third kappa shape index (κ3) is 3.48. The molecule has 0 unspecified atom stereocenters. The molecule has 1 aromatic carbocycles. The summed E-state index contributed by atoms with van der Waals surface area (Å²) in [5.74, 6) is 0.494. The van der Waals surface area contributed by atoms with Crippen molar-refractivity contribution in [1.82, 2.24) is 29.9 Å². The normalized spacial score (nSPS) is 10.6. The second-order valence-electron chi connectivity index (χ2n) is 5.58. The molecule has 0 bridgehead atoms. The average molecular weight is 345 g/mol. The number of H-pyrrole nitrogens is 1. The Bertz CT molecular complexity index is 926. The number of hydrogen-bond acceptors (Lipinski definition) is 5. The molecule has 0 spiro atoms. The van der Waals surface area contributed by atoms with E-state index in [4.69, 9.17) is 0 Å². The Morgan fingerprint density at radius 3 is 2.77 bits per heavy atom. The number of nitrogens with zero attached hydrogens (tertiary/aromatic N) is 5. The molecule has 26 heavy (non-hydrogen) atoms. The molecule has 0 fully saturated rings. The van der Waals surface area contributed by atoms with Crippen LogP contribution in [0.15, 0.2) is 67.1 Å². The lowest BCUT2D eigenvalue weighted by Gasteiger charge is -2.00. The van der Waals surface area contributed by atoms with Crippen LogP contribution >= 0.6 is 0 Å². The van der Waals surface area contributed by atoms with Crippen LogP contribution in [-0.2, 0) is 11.2 Å². The maximum absolute atomic E-state index is 12.2. The molecule has 4 aromatic rings. The molecule has 128 valence electrons. The number of carbonyl (C=O) groups is 1. The van der Waals surface area contributed by atoms with Crippen LogP contribution in [0.25, 0.3) is 17.2 Å². The highest BCUT2D eigenvalue weighted by atomic mass is 16.1. The average Bonchev–Trinajstić information content (AvgIpc) is 3.33. The van der Waals surface area contributed by atoms with Gasteiger partial charge in [-0.15, -0.1) is 5.10 Å². The van der Waals surface area contributed by atoms with Crippen molar-refractivity contribution in [3.63, 3.8) is 0 Å². The fraction of sp³-hybridized carbons (Fsp3) is 0.0556. The highest BCUT2D eigenvalue weighted by Crippen LogP contribution is 2.13. The van der Waals surface area contributed by atoms with Crippen molar-refractivity contribution in [2.24, 2.45) is 0 Å². The molecule has 8 nitrogen and oxygen atoms in total. The van der Waals surface area contributed by atoms with Crippen molar-refractivity contribution in [2.45, 2.75) is 6.42 Å². The van der Waals surface area contributed by atoms with Crippen molar-refractivity contribution < 1.29 is 4.79 Å². The molecule has 3 aromatic heterocycles. The Balaban J connectivity index is 1.40. The first-order chi connectivity index (χ1) is 12.8. The molecule has 0 atom stereocenters. The van der Waals surface area contributed by atoms with Crippen LogP contribution in [0.4, 0.5) is 5.95 Å². The summed E-state index contributed by atoms with van der Waals surface area (Å²) < 4.78 is 1.73. The van der Waals surface area contributed by atoms with Gasteiger partial charge in [0.05, 0.1) is 18.3 Å². The van der Waals surface area contributed by atoms with E-state index in [0.29, 0.717) is 11.5 Å². The molecule has 0 aliphatic heterocycles. The summed E-state index contributed by atoms with van der Waals surface area (Å²) in [6, 6.07) is 15.2. The standard InChI is InChI=1S/C18H15N7O/c26-16(10-13-11-20-25(12-13)14-6-2-1-3-7-14)21-18-22-17(23-24-18)15-8-4-5-9-19-15/h1-9,11-12H,10H2,(H2,21,22,23,24,26). The van der Waals surface area contributed by atoms with Gasteiger partial charge in [0.15, 0.2) is 5.82 Å². The molecule has 8 heteroatoms. The van der Waals surface area contributed by atoms with Gasteiger partial charge in [-0.2, -0.15) is 10.1 Å². The van der Waals surface area contributed by atoms with Gasteiger partial charge in [0, 0.05) is 12.4 Å². The molecule has 1 amide bonds. The summed E-state index contributed by atoms with van der Waals surface area (Å²) in [5.41, 5.74) is 2.39. The summed E-state index contributed by atoms with van der Waals surface area (Å²) in [6.07, 6.45) is 5.34. The molecule has 2 N–H and O–H groups in total. The van der Waals surface area contributed by atoms with E-state index < -0.39 is 0 Å². The summed E-state index contributed by atoms with van der Waals surface area (Å²) in [7, 11) is 0. The second-order valence-corrected chi connectivity index (χ2v) is 5.58. The second kappa shape index (κ2) is 6.98. The predicted octanol–water partition coefficient (Wildman–Crippen LogP) is 2.23. The third-order valence-corrected chi connectivity index (χ3v) is 3.67. The molecule has 3 heterocycles. The van der Waals surface area contributed by atoms with Gasteiger partial charge in [-0.25, -0.2) is 4.68 Å². The maximum Gasteiger partial charge on any atom is 0.249 e. The largest absolute Gasteiger partial charge is 0.293 e. The summed E-state index contributed by atoms with van der Waals surface area (Å²) in [5, 5.41) is 13.7. The number of pyridine rings is 1. The van der Waals surface area contributed by atoms with Crippen LogP contribution in [0.3, 0.4) is 0 Å². The van der Waals surface area contributed by atoms with Gasteiger partial charge in [0.25, 0.3) is 0 Å². The van der Waals surface area contributed by atoms with Crippen molar-refractivity contribution >= 4 is 11.9 Å². The van der Waals surface area contributed by atoms with Crippen molar-refractivity contribution in [1.29, 1.82) is 0 Å². The Morgan fingerprint density at radius 2 is 1.96 bits per heavy atom. The number of carbonyl (C=O) groups excluding carboxylic acids is 1. The molecule has 0 aliphatic rings. The van der Waals surface area contributed by atoms with Crippen molar-refractivity contribution in [3.05, 3.63) is 72.7 Å². The van der Waals surface area contributed by atoms with E-state index in [-0.39, 0.29) is 18.3 Å². The van der Waals surface area contributed by atoms with Gasteiger partial charge in [-0.3, -0.25) is 20.2 Å².